The maximum Gasteiger partial charge on any atom is 0.275 e. The van der Waals surface area contributed by atoms with Gasteiger partial charge >= 0.3 is 0 Å². The van der Waals surface area contributed by atoms with Crippen molar-refractivity contribution in [3.8, 4) is 0 Å². The zero-order valence-corrected chi connectivity index (χ0v) is 17.3. The van der Waals surface area contributed by atoms with Crippen LogP contribution in [0.15, 0.2) is 24.5 Å². The highest BCUT2D eigenvalue weighted by Crippen LogP contribution is 2.37. The Kier molecular flexibility index (Phi) is 5.41. The Hall–Kier alpha value is -3.25. The molecule has 1 aliphatic heterocycles. The van der Waals surface area contributed by atoms with Crippen molar-refractivity contribution < 1.29 is 28.2 Å². The van der Waals surface area contributed by atoms with Crippen molar-refractivity contribution in [3.05, 3.63) is 47.4 Å². The van der Waals surface area contributed by atoms with Crippen LogP contribution in [0.2, 0.25) is 0 Å². The summed E-state index contributed by atoms with van der Waals surface area (Å²) in [6.45, 7) is -0.308. The van der Waals surface area contributed by atoms with Gasteiger partial charge in [-0.1, -0.05) is 0 Å². The number of amides is 1. The largest absolute Gasteiger partial charge is 0.393 e. The van der Waals surface area contributed by atoms with Gasteiger partial charge in [0.05, 0.1) is 36.2 Å². The van der Waals surface area contributed by atoms with Crippen molar-refractivity contribution in [1.29, 1.82) is 0 Å². The first-order valence-electron chi connectivity index (χ1n) is 10.5. The van der Waals surface area contributed by atoms with Gasteiger partial charge in [0.2, 0.25) is 0 Å². The van der Waals surface area contributed by atoms with E-state index in [2.05, 4.69) is 25.5 Å². The molecule has 0 unspecified atom stereocenters. The molecule has 0 bridgehead atoms. The number of rotatable bonds is 4. The molecule has 1 saturated carbocycles. The number of hydrogen-bond acceptors (Lipinski definition) is 7. The van der Waals surface area contributed by atoms with E-state index in [0.29, 0.717) is 0 Å². The summed E-state index contributed by atoms with van der Waals surface area (Å²) < 4.78 is 42.5. The molecule has 3 aromatic rings. The van der Waals surface area contributed by atoms with Crippen LogP contribution in [0.3, 0.4) is 0 Å². The number of H-pyrrole nitrogens is 1. The maximum atomic E-state index is 14.4. The van der Waals surface area contributed by atoms with Crippen LogP contribution in [-0.4, -0.2) is 72.2 Å². The highest BCUT2D eigenvalue weighted by molar-refractivity contribution is 6.07. The minimum Gasteiger partial charge on any atom is -0.393 e. The summed E-state index contributed by atoms with van der Waals surface area (Å²) in [4.78, 5) is 22.8. The average Bonchev–Trinajstić information content (AvgIpc) is 3.46. The molecule has 0 radical (unpaired) electrons. The summed E-state index contributed by atoms with van der Waals surface area (Å²) >= 11 is 0. The SMILES string of the molecule is O=C(c1n[nH]c2ncnc(N[C@@H]3C[C@@H](O)C[C@H]3O)c12)N1C[C@@H](F)C[C@@H]1c1cc(F)ccc1F. The first-order valence-corrected chi connectivity index (χ1v) is 10.5. The molecule has 2 aliphatic rings. The predicted molar refractivity (Wildman–Crippen MR) is 110 cm³/mol. The lowest BCUT2D eigenvalue weighted by Crippen LogP contribution is -2.32. The van der Waals surface area contributed by atoms with Gasteiger partial charge in [-0.2, -0.15) is 5.10 Å². The predicted octanol–water partition coefficient (Wildman–Crippen LogP) is 1.85. The zero-order chi connectivity index (χ0) is 23.3. The fourth-order valence-corrected chi connectivity index (χ4v) is 4.65. The Morgan fingerprint density at radius 1 is 1.18 bits per heavy atom. The number of aromatic nitrogens is 4. The molecule has 0 spiro atoms. The molecule has 33 heavy (non-hydrogen) atoms. The third kappa shape index (κ3) is 3.89. The molecule has 1 saturated heterocycles. The second-order valence-electron chi connectivity index (χ2n) is 8.43. The monoisotopic (exact) mass is 462 g/mol. The number of benzene rings is 1. The molecule has 12 heteroatoms. The van der Waals surface area contributed by atoms with Crippen LogP contribution in [0, 0.1) is 11.6 Å². The van der Waals surface area contributed by atoms with Crippen molar-refractivity contribution in [1.82, 2.24) is 25.1 Å². The lowest BCUT2D eigenvalue weighted by atomic mass is 10.0. The third-order valence-corrected chi connectivity index (χ3v) is 6.21. The van der Waals surface area contributed by atoms with E-state index < -0.39 is 48.0 Å². The Morgan fingerprint density at radius 3 is 2.76 bits per heavy atom. The number of carbonyl (C=O) groups excluding carboxylic acids is 1. The number of nitrogens with one attached hydrogen (secondary N) is 2. The van der Waals surface area contributed by atoms with Crippen LogP contribution in [0.4, 0.5) is 19.0 Å². The summed E-state index contributed by atoms with van der Waals surface area (Å²) in [6.07, 6.45) is -1.36. The number of aliphatic hydroxyl groups excluding tert-OH is 2. The van der Waals surface area contributed by atoms with Gasteiger partial charge in [0.15, 0.2) is 11.3 Å². The van der Waals surface area contributed by atoms with E-state index in [1.54, 1.807) is 0 Å². The van der Waals surface area contributed by atoms with Crippen molar-refractivity contribution >= 4 is 22.8 Å². The highest BCUT2D eigenvalue weighted by Gasteiger charge is 2.40. The maximum absolute atomic E-state index is 14.4. The van der Waals surface area contributed by atoms with Crippen molar-refractivity contribution in [2.45, 2.75) is 49.7 Å². The Morgan fingerprint density at radius 2 is 2.00 bits per heavy atom. The van der Waals surface area contributed by atoms with Crippen LogP contribution in [0.25, 0.3) is 11.0 Å². The van der Waals surface area contributed by atoms with E-state index in [1.165, 1.54) is 6.33 Å². The molecule has 5 rings (SSSR count). The second kappa shape index (κ2) is 8.27. The van der Waals surface area contributed by atoms with Gasteiger partial charge in [0, 0.05) is 18.4 Å². The van der Waals surface area contributed by atoms with Gasteiger partial charge in [-0.15, -0.1) is 0 Å². The van der Waals surface area contributed by atoms with Crippen molar-refractivity contribution in [2.24, 2.45) is 0 Å². The summed E-state index contributed by atoms with van der Waals surface area (Å²) in [5.41, 5.74) is 0.00594. The van der Waals surface area contributed by atoms with Crippen LogP contribution < -0.4 is 5.32 Å². The van der Waals surface area contributed by atoms with Crippen LogP contribution in [0.1, 0.15) is 41.4 Å². The normalized spacial score (nSPS) is 27.4. The molecular formula is C21H21F3N6O3. The summed E-state index contributed by atoms with van der Waals surface area (Å²) in [7, 11) is 0. The van der Waals surface area contributed by atoms with Gasteiger partial charge in [0.1, 0.15) is 30.0 Å². The molecule has 1 aliphatic carbocycles. The van der Waals surface area contributed by atoms with Gasteiger partial charge in [-0.05, 0) is 24.6 Å². The Bertz CT molecular complexity index is 1210. The molecule has 174 valence electrons. The summed E-state index contributed by atoms with van der Waals surface area (Å²) in [5.74, 6) is -1.91. The quantitative estimate of drug-likeness (QED) is 0.466. The molecule has 2 aromatic heterocycles. The number of aliphatic hydroxyl groups is 2. The fourth-order valence-electron chi connectivity index (χ4n) is 4.65. The molecule has 9 nitrogen and oxygen atoms in total. The van der Waals surface area contributed by atoms with E-state index in [-0.39, 0.29) is 53.9 Å². The van der Waals surface area contributed by atoms with E-state index in [0.717, 1.165) is 23.1 Å². The lowest BCUT2D eigenvalue weighted by molar-refractivity contribution is 0.0722. The minimum absolute atomic E-state index is 0.110. The molecule has 1 amide bonds. The van der Waals surface area contributed by atoms with Crippen LogP contribution in [-0.2, 0) is 0 Å². The van der Waals surface area contributed by atoms with Gasteiger partial charge in [-0.25, -0.2) is 23.1 Å². The standard InChI is InChI=1S/C21H21F3N6O3/c22-9-1-2-13(24)12(3-9)15-4-10(23)7-30(15)21(33)18-17-19(25-8-26-20(17)29-28-18)27-14-5-11(31)6-16(14)32/h1-3,8,10-11,14-16,31-32H,4-7H2,(H2,25,26,27,28,29)/t10-,11+,14+,15+,16+/m0/s1. The van der Waals surface area contributed by atoms with Gasteiger partial charge < -0.3 is 20.4 Å². The van der Waals surface area contributed by atoms with Crippen LogP contribution in [0.5, 0.6) is 0 Å². The molecule has 1 aromatic carbocycles. The number of aromatic amines is 1. The van der Waals surface area contributed by atoms with E-state index in [9.17, 15) is 28.2 Å². The van der Waals surface area contributed by atoms with E-state index in [4.69, 9.17) is 0 Å². The first kappa shape index (κ1) is 21.6. The van der Waals surface area contributed by atoms with E-state index in [1.807, 2.05) is 0 Å². The fraction of sp³-hybridized carbons (Fsp3) is 0.429. The minimum atomic E-state index is -1.42. The first-order chi connectivity index (χ1) is 15.8. The number of nitrogens with zero attached hydrogens (tertiary/aromatic N) is 4. The second-order valence-corrected chi connectivity index (χ2v) is 8.43. The number of likely N-dealkylation sites (tertiary alicyclic amines) is 1. The van der Waals surface area contributed by atoms with Gasteiger partial charge in [0.25, 0.3) is 5.91 Å². The molecule has 2 fully saturated rings. The van der Waals surface area contributed by atoms with Crippen molar-refractivity contribution in [2.75, 3.05) is 11.9 Å². The number of halogens is 3. The third-order valence-electron chi connectivity index (χ3n) is 6.21. The number of alkyl halides is 1. The molecular weight excluding hydrogens is 441 g/mol. The smallest absolute Gasteiger partial charge is 0.275 e. The topological polar surface area (TPSA) is 127 Å². The molecule has 3 heterocycles. The number of carbonyl (C=O) groups is 1. The Balaban J connectivity index is 1.51. The van der Waals surface area contributed by atoms with Crippen molar-refractivity contribution in [3.63, 3.8) is 0 Å². The summed E-state index contributed by atoms with van der Waals surface area (Å²) in [6, 6.07) is 1.34. The molecule has 4 N–H and O–H groups in total. The average molecular weight is 462 g/mol. The number of hydrogen-bond donors (Lipinski definition) is 4. The lowest BCUT2D eigenvalue weighted by Gasteiger charge is -2.24. The Labute approximate surface area is 185 Å². The zero-order valence-electron chi connectivity index (χ0n) is 17.3. The highest BCUT2D eigenvalue weighted by atomic mass is 19.1. The number of fused-ring (bicyclic) bond motifs is 1. The van der Waals surface area contributed by atoms with E-state index >= 15 is 0 Å². The van der Waals surface area contributed by atoms with Crippen LogP contribution >= 0.6 is 0 Å². The number of anilines is 1. The van der Waals surface area contributed by atoms with Gasteiger partial charge in [-0.3, -0.25) is 9.89 Å². The molecule has 5 atom stereocenters. The summed E-state index contributed by atoms with van der Waals surface area (Å²) in [5, 5.41) is 29.9.